The van der Waals surface area contributed by atoms with Gasteiger partial charge in [-0.3, -0.25) is 19.2 Å². The molecule has 0 saturated heterocycles. The van der Waals surface area contributed by atoms with E-state index in [0.717, 1.165) is 88.9 Å². The molecule has 1 amide bonds. The fourth-order valence-corrected chi connectivity index (χ4v) is 10.2. The fourth-order valence-electron chi connectivity index (χ4n) is 10.2. The predicted molar refractivity (Wildman–Crippen MR) is 289 cm³/mol. The van der Waals surface area contributed by atoms with Crippen LogP contribution in [0.5, 0.6) is 0 Å². The minimum Gasteiger partial charge on any atom is -0.481 e. The monoisotopic (exact) mass is 1010 g/mol. The first-order chi connectivity index (χ1) is 36.3. The summed E-state index contributed by atoms with van der Waals surface area (Å²) < 4.78 is 15.1. The molecule has 4 aromatic heterocycles. The van der Waals surface area contributed by atoms with Gasteiger partial charge in [0.05, 0.1) is 63.7 Å². The second-order valence-corrected chi connectivity index (χ2v) is 20.0. The van der Waals surface area contributed by atoms with Crippen LogP contribution in [0.25, 0.3) is 44.8 Å². The number of aromatic carboxylic acids is 1. The largest absolute Gasteiger partial charge is 0.481 e. The van der Waals surface area contributed by atoms with Gasteiger partial charge in [0, 0.05) is 23.6 Å². The number of rotatable bonds is 16. The lowest BCUT2D eigenvalue weighted by Crippen LogP contribution is -2.41. The van der Waals surface area contributed by atoms with Crippen molar-refractivity contribution < 1.29 is 43.0 Å². The summed E-state index contributed by atoms with van der Waals surface area (Å²) in [6, 6.07) is 30.1. The summed E-state index contributed by atoms with van der Waals surface area (Å²) in [5.41, 5.74) is 10.1. The molecule has 8 aromatic rings. The molecule has 0 spiro atoms. The lowest BCUT2D eigenvalue weighted by Gasteiger charge is -2.25. The summed E-state index contributed by atoms with van der Waals surface area (Å²) in [7, 11) is 0. The molecular formula is C61H67N5O9. The van der Waals surface area contributed by atoms with Crippen molar-refractivity contribution in [3.05, 3.63) is 155 Å². The zero-order chi connectivity index (χ0) is 53.0. The molecule has 4 aromatic carbocycles. The van der Waals surface area contributed by atoms with Crippen LogP contribution in [0.1, 0.15) is 147 Å². The van der Waals surface area contributed by atoms with Crippen LogP contribution < -0.4 is 5.32 Å². The van der Waals surface area contributed by atoms with E-state index < -0.39 is 18.0 Å². The Kier molecular flexibility index (Phi) is 17.7. The van der Waals surface area contributed by atoms with Gasteiger partial charge in [-0.25, -0.2) is 14.8 Å². The van der Waals surface area contributed by atoms with Crippen LogP contribution in [0, 0.1) is 5.92 Å². The summed E-state index contributed by atoms with van der Waals surface area (Å²) >= 11 is 0. The van der Waals surface area contributed by atoms with Crippen molar-refractivity contribution >= 4 is 51.5 Å². The summed E-state index contributed by atoms with van der Waals surface area (Å²) in [4.78, 5) is 68.4. The zero-order valence-corrected chi connectivity index (χ0v) is 43.3. The molecule has 14 heteroatoms. The molecule has 2 fully saturated rings. The number of nitrogens with one attached hydrogen (secondary N) is 1. The normalized spacial score (nSPS) is 14.8. The molecule has 2 aliphatic rings. The van der Waals surface area contributed by atoms with Gasteiger partial charge < -0.3 is 33.5 Å². The molecule has 4 heterocycles. The van der Waals surface area contributed by atoms with Gasteiger partial charge in [0.2, 0.25) is 0 Å². The number of carboxylic acid groups (broad SMARTS) is 2. The molecule has 2 atom stereocenters. The maximum absolute atomic E-state index is 13.2. The van der Waals surface area contributed by atoms with Gasteiger partial charge in [-0.15, -0.1) is 0 Å². The Morgan fingerprint density at radius 3 is 1.51 bits per heavy atom. The average Bonchev–Trinajstić information content (AvgIpc) is 4.27. The molecular weight excluding hydrogens is 947 g/mol. The minimum atomic E-state index is -0.927. The number of carboxylic acids is 2. The Bertz CT molecular complexity index is 3210. The van der Waals surface area contributed by atoms with E-state index in [4.69, 9.17) is 23.9 Å². The van der Waals surface area contributed by atoms with Gasteiger partial charge in [-0.05, 0) is 130 Å². The number of hydrogen-bond donors (Lipinski definition) is 3. The van der Waals surface area contributed by atoms with E-state index in [0.29, 0.717) is 29.6 Å². The molecule has 14 nitrogen and oxygen atoms in total. The smallest absolute Gasteiger partial charge is 0.335 e. The topological polar surface area (TPSA) is 200 Å². The second-order valence-electron chi connectivity index (χ2n) is 20.0. The number of carbonyl (C=O) groups excluding carboxylic acids is 3. The quantitative estimate of drug-likeness (QED) is 0.0832. The number of imidazole rings is 2. The summed E-state index contributed by atoms with van der Waals surface area (Å²) in [6.45, 7) is 7.24. The van der Waals surface area contributed by atoms with E-state index in [1.165, 1.54) is 56.6 Å². The van der Waals surface area contributed by atoms with Crippen LogP contribution in [0.2, 0.25) is 0 Å². The Hall–Kier alpha value is -7.87. The summed E-state index contributed by atoms with van der Waals surface area (Å²) in [5.74, 6) is -0.209. The van der Waals surface area contributed by atoms with Crippen LogP contribution in [0.15, 0.2) is 131 Å². The van der Waals surface area contributed by atoms with Crippen LogP contribution in [-0.4, -0.2) is 64.8 Å². The van der Waals surface area contributed by atoms with E-state index in [2.05, 4.69) is 45.6 Å². The fraction of sp³-hybridized carbons (Fsp3) is 0.361. The van der Waals surface area contributed by atoms with Gasteiger partial charge in [-0.1, -0.05) is 101 Å². The predicted octanol–water partition coefficient (Wildman–Crippen LogP) is 12.9. The second kappa shape index (κ2) is 24.9. The lowest BCUT2D eigenvalue weighted by atomic mass is 9.95. The highest BCUT2D eigenvalue weighted by molar-refractivity contribution is 6.00. The highest BCUT2D eigenvalue weighted by Crippen LogP contribution is 2.38. The first-order valence-electron chi connectivity index (χ1n) is 26.3. The first-order valence-corrected chi connectivity index (χ1v) is 26.3. The highest BCUT2D eigenvalue weighted by atomic mass is 16.4. The summed E-state index contributed by atoms with van der Waals surface area (Å²) in [6.07, 6.45) is 20.7. The van der Waals surface area contributed by atoms with Crippen LogP contribution in [0.4, 0.5) is 0 Å². The molecule has 75 heavy (non-hydrogen) atoms. The van der Waals surface area contributed by atoms with Gasteiger partial charge >= 0.3 is 11.9 Å². The number of ketones is 2. The van der Waals surface area contributed by atoms with Crippen molar-refractivity contribution in [2.75, 3.05) is 0 Å². The van der Waals surface area contributed by atoms with Crippen molar-refractivity contribution in [3.8, 4) is 22.8 Å². The number of aryl methyl sites for hydroxylation is 1. The molecule has 390 valence electrons. The van der Waals surface area contributed by atoms with Crippen molar-refractivity contribution in [1.29, 1.82) is 0 Å². The number of furan rings is 2. The van der Waals surface area contributed by atoms with E-state index >= 15 is 0 Å². The zero-order valence-electron chi connectivity index (χ0n) is 43.3. The highest BCUT2D eigenvalue weighted by Gasteiger charge is 2.26. The van der Waals surface area contributed by atoms with Crippen molar-refractivity contribution in [2.45, 2.75) is 136 Å². The van der Waals surface area contributed by atoms with Crippen LogP contribution in [-0.2, 0) is 40.1 Å². The SMILES string of the molecule is CC(=O)[C@H](Cc1ccc(CC(=O)O)cc1)NC(=O)c1ccc2c(c1)nc(-c1ccoc1)n2C1CCCCC1.CCc1ccc(C[C@H](C)C(C)=O)cc1.O=C(O)c1ccc2c(c1)nc(-c1ccoc1)n2C1CCCCC1. The standard InChI is InChI=1S/C30H31N3O5.C18H18N2O3.C13H18O/c1-19(34)25(15-20-7-9-21(10-8-20)16-28(35)36)32-30(37)22-11-12-27-26(17-22)31-29(23-13-14-38-18-23)33(27)24-5-3-2-4-6-24;21-18(22)12-6-7-16-15(10-12)19-17(13-8-9-23-11-13)20(16)14-4-2-1-3-5-14;1-4-12-5-7-13(8-6-12)9-10(2)11(3)14/h7-14,17-18,24-25H,2-6,15-16H2,1H3,(H,32,37)(H,35,36);6-11,14H,1-5H2,(H,21,22);5-8,10H,4,9H2,1-3H3/t25-;;10-/m0.0/s1. The van der Waals surface area contributed by atoms with Crippen LogP contribution in [0.3, 0.4) is 0 Å². The van der Waals surface area contributed by atoms with Gasteiger partial charge in [0.25, 0.3) is 5.91 Å². The number of hydrogen-bond acceptors (Lipinski definition) is 9. The van der Waals surface area contributed by atoms with E-state index in [1.54, 1.807) is 80.5 Å². The molecule has 0 aliphatic heterocycles. The number of fused-ring (bicyclic) bond motifs is 2. The number of benzene rings is 4. The van der Waals surface area contributed by atoms with Gasteiger partial charge in [-0.2, -0.15) is 0 Å². The Labute approximate surface area is 437 Å². The number of nitrogens with zero attached hydrogens (tertiary/aromatic N) is 4. The maximum atomic E-state index is 13.2. The average molecular weight is 1010 g/mol. The van der Waals surface area contributed by atoms with Crippen molar-refractivity contribution in [1.82, 2.24) is 24.4 Å². The Morgan fingerprint density at radius 2 is 1.07 bits per heavy atom. The molecule has 3 N–H and O–H groups in total. The molecule has 0 bridgehead atoms. The third-order valence-electron chi connectivity index (χ3n) is 14.6. The number of aliphatic carboxylic acids is 1. The number of amides is 1. The van der Waals surface area contributed by atoms with Gasteiger partial charge in [0.15, 0.2) is 5.78 Å². The van der Waals surface area contributed by atoms with Crippen molar-refractivity contribution in [3.63, 3.8) is 0 Å². The third-order valence-corrected chi connectivity index (χ3v) is 14.6. The Balaban J connectivity index is 0.000000170. The van der Waals surface area contributed by atoms with Crippen LogP contribution >= 0.6 is 0 Å². The number of carbonyl (C=O) groups is 5. The Morgan fingerprint density at radius 1 is 0.600 bits per heavy atom. The maximum Gasteiger partial charge on any atom is 0.335 e. The lowest BCUT2D eigenvalue weighted by molar-refractivity contribution is -0.136. The first kappa shape index (κ1) is 53.4. The molecule has 0 radical (unpaired) electrons. The molecule has 2 saturated carbocycles. The molecule has 2 aliphatic carbocycles. The molecule has 0 unspecified atom stereocenters. The van der Waals surface area contributed by atoms with E-state index in [9.17, 15) is 29.1 Å². The number of aromatic nitrogens is 4. The van der Waals surface area contributed by atoms with Crippen molar-refractivity contribution in [2.24, 2.45) is 5.92 Å². The molecule has 10 rings (SSSR count). The minimum absolute atomic E-state index is 0.0611. The van der Waals surface area contributed by atoms with E-state index in [-0.39, 0.29) is 35.4 Å². The third kappa shape index (κ3) is 13.5. The number of Topliss-reactive ketones (excluding diaryl/α,β-unsaturated/α-hetero) is 2. The summed E-state index contributed by atoms with van der Waals surface area (Å²) in [5, 5.41) is 21.0. The van der Waals surface area contributed by atoms with Gasteiger partial charge in [0.1, 0.15) is 30.0 Å². The van der Waals surface area contributed by atoms with E-state index in [1.807, 2.05) is 31.2 Å².